The largest absolute Gasteiger partial charge is 0.496 e. The summed E-state index contributed by atoms with van der Waals surface area (Å²) in [5, 5.41) is 3.41. The van der Waals surface area contributed by atoms with Crippen LogP contribution in [0.15, 0.2) is 24.3 Å². The van der Waals surface area contributed by atoms with Crippen LogP contribution in [0.5, 0.6) is 5.75 Å². The molecular formula is C17H30N2O2. The summed E-state index contributed by atoms with van der Waals surface area (Å²) < 4.78 is 10.7. The Morgan fingerprint density at radius 2 is 1.86 bits per heavy atom. The summed E-state index contributed by atoms with van der Waals surface area (Å²) in [6.07, 6.45) is 0. The van der Waals surface area contributed by atoms with Crippen molar-refractivity contribution in [3.05, 3.63) is 29.8 Å². The zero-order valence-corrected chi connectivity index (χ0v) is 14.1. The fourth-order valence-corrected chi connectivity index (χ4v) is 2.55. The average molecular weight is 294 g/mol. The van der Waals surface area contributed by atoms with Crippen molar-refractivity contribution >= 4 is 0 Å². The molecule has 1 rings (SSSR count). The Labute approximate surface area is 129 Å². The Kier molecular flexibility index (Phi) is 8.35. The lowest BCUT2D eigenvalue weighted by Gasteiger charge is -2.29. The molecule has 1 N–H and O–H groups in total. The van der Waals surface area contributed by atoms with Gasteiger partial charge < -0.3 is 14.8 Å². The van der Waals surface area contributed by atoms with E-state index in [2.05, 4.69) is 36.2 Å². The molecule has 1 aromatic rings. The van der Waals surface area contributed by atoms with E-state index >= 15 is 0 Å². The smallest absolute Gasteiger partial charge is 0.123 e. The summed E-state index contributed by atoms with van der Waals surface area (Å²) in [5.41, 5.74) is 1.20. The summed E-state index contributed by atoms with van der Waals surface area (Å²) in [5.74, 6) is 1.57. The molecule has 0 saturated heterocycles. The van der Waals surface area contributed by atoms with Crippen molar-refractivity contribution in [2.24, 2.45) is 5.92 Å². The summed E-state index contributed by atoms with van der Waals surface area (Å²) in [6.45, 7) is 8.21. The SMILES string of the molecule is CNC(CN(CCOC)CC(C)C)c1ccccc1OC. The van der Waals surface area contributed by atoms with Crippen LogP contribution in [0.4, 0.5) is 0 Å². The molecule has 1 atom stereocenters. The van der Waals surface area contributed by atoms with E-state index in [0.717, 1.165) is 32.0 Å². The standard InChI is InChI=1S/C17H30N2O2/c1-14(2)12-19(10-11-20-4)13-16(18-3)15-8-6-7-9-17(15)21-5/h6-9,14,16,18H,10-13H2,1-5H3. The Morgan fingerprint density at radius 1 is 1.14 bits per heavy atom. The molecular weight excluding hydrogens is 264 g/mol. The predicted molar refractivity (Wildman–Crippen MR) is 87.9 cm³/mol. The number of para-hydroxylation sites is 1. The van der Waals surface area contributed by atoms with Gasteiger partial charge in [-0.05, 0) is 19.0 Å². The third-order valence-electron chi connectivity index (χ3n) is 3.54. The summed E-state index contributed by atoms with van der Waals surface area (Å²) in [4.78, 5) is 2.45. The lowest BCUT2D eigenvalue weighted by molar-refractivity contribution is 0.133. The molecule has 4 nitrogen and oxygen atoms in total. The average Bonchev–Trinajstić information content (AvgIpc) is 2.49. The number of rotatable bonds is 10. The van der Waals surface area contributed by atoms with Crippen molar-refractivity contribution in [3.63, 3.8) is 0 Å². The van der Waals surface area contributed by atoms with Gasteiger partial charge in [-0.25, -0.2) is 0 Å². The molecule has 0 aliphatic rings. The van der Waals surface area contributed by atoms with Gasteiger partial charge >= 0.3 is 0 Å². The van der Waals surface area contributed by atoms with E-state index in [1.807, 2.05) is 19.2 Å². The second kappa shape index (κ2) is 9.77. The predicted octanol–water partition coefficient (Wildman–Crippen LogP) is 2.56. The van der Waals surface area contributed by atoms with Gasteiger partial charge in [-0.15, -0.1) is 0 Å². The van der Waals surface area contributed by atoms with Gasteiger partial charge in [0, 0.05) is 38.3 Å². The van der Waals surface area contributed by atoms with Crippen molar-refractivity contribution in [1.82, 2.24) is 10.2 Å². The molecule has 120 valence electrons. The summed E-state index contributed by atoms with van der Waals surface area (Å²) >= 11 is 0. The highest BCUT2D eigenvalue weighted by Gasteiger charge is 2.18. The van der Waals surface area contributed by atoms with E-state index in [9.17, 15) is 0 Å². The van der Waals surface area contributed by atoms with Gasteiger partial charge in [-0.1, -0.05) is 32.0 Å². The Balaban J connectivity index is 2.81. The van der Waals surface area contributed by atoms with Crippen LogP contribution < -0.4 is 10.1 Å². The highest BCUT2D eigenvalue weighted by molar-refractivity contribution is 5.36. The van der Waals surface area contributed by atoms with Crippen LogP contribution in [0.1, 0.15) is 25.5 Å². The Hall–Kier alpha value is -1.10. The van der Waals surface area contributed by atoms with Crippen LogP contribution in [0, 0.1) is 5.92 Å². The summed E-state index contributed by atoms with van der Waals surface area (Å²) in [7, 11) is 5.48. The molecule has 0 heterocycles. The topological polar surface area (TPSA) is 33.7 Å². The van der Waals surface area contributed by atoms with E-state index in [1.54, 1.807) is 14.2 Å². The maximum absolute atomic E-state index is 5.49. The highest BCUT2D eigenvalue weighted by atomic mass is 16.5. The first-order valence-corrected chi connectivity index (χ1v) is 7.63. The summed E-state index contributed by atoms with van der Waals surface area (Å²) in [6, 6.07) is 8.46. The van der Waals surface area contributed by atoms with E-state index in [1.165, 1.54) is 5.56 Å². The fourth-order valence-electron chi connectivity index (χ4n) is 2.55. The molecule has 0 amide bonds. The third kappa shape index (κ3) is 6.04. The minimum Gasteiger partial charge on any atom is -0.496 e. The lowest BCUT2D eigenvalue weighted by atomic mass is 10.0. The maximum atomic E-state index is 5.49. The molecule has 0 bridgehead atoms. The first-order valence-electron chi connectivity index (χ1n) is 7.63. The molecule has 0 radical (unpaired) electrons. The van der Waals surface area contributed by atoms with E-state index in [4.69, 9.17) is 9.47 Å². The van der Waals surface area contributed by atoms with Crippen molar-refractivity contribution in [3.8, 4) is 5.75 Å². The van der Waals surface area contributed by atoms with Crippen LogP contribution in [0.25, 0.3) is 0 Å². The van der Waals surface area contributed by atoms with Gasteiger partial charge in [-0.3, -0.25) is 4.90 Å². The van der Waals surface area contributed by atoms with E-state index in [-0.39, 0.29) is 6.04 Å². The third-order valence-corrected chi connectivity index (χ3v) is 3.54. The number of hydrogen-bond acceptors (Lipinski definition) is 4. The van der Waals surface area contributed by atoms with Crippen LogP contribution in [-0.2, 0) is 4.74 Å². The van der Waals surface area contributed by atoms with Gasteiger partial charge in [0.1, 0.15) is 5.75 Å². The maximum Gasteiger partial charge on any atom is 0.123 e. The number of likely N-dealkylation sites (N-methyl/N-ethyl adjacent to an activating group) is 1. The number of hydrogen-bond donors (Lipinski definition) is 1. The molecule has 0 saturated carbocycles. The minimum absolute atomic E-state index is 0.247. The zero-order valence-electron chi connectivity index (χ0n) is 14.1. The minimum atomic E-state index is 0.247. The Morgan fingerprint density at radius 3 is 2.43 bits per heavy atom. The van der Waals surface area contributed by atoms with Gasteiger partial charge in [0.25, 0.3) is 0 Å². The second-order valence-corrected chi connectivity index (χ2v) is 5.73. The normalized spacial score (nSPS) is 12.9. The monoisotopic (exact) mass is 294 g/mol. The number of ether oxygens (including phenoxy) is 2. The molecule has 21 heavy (non-hydrogen) atoms. The van der Waals surface area contributed by atoms with Gasteiger partial charge in [-0.2, -0.15) is 0 Å². The van der Waals surface area contributed by atoms with Crippen molar-refractivity contribution in [2.75, 3.05) is 47.5 Å². The lowest BCUT2D eigenvalue weighted by Crippen LogP contribution is -2.38. The number of benzene rings is 1. The van der Waals surface area contributed by atoms with Crippen LogP contribution >= 0.6 is 0 Å². The molecule has 1 aromatic carbocycles. The molecule has 0 aliphatic carbocycles. The molecule has 4 heteroatoms. The molecule has 1 unspecified atom stereocenters. The first-order chi connectivity index (χ1) is 10.1. The Bertz CT molecular complexity index is 396. The van der Waals surface area contributed by atoms with Gasteiger partial charge in [0.2, 0.25) is 0 Å². The quantitative estimate of drug-likeness (QED) is 0.719. The molecule has 0 aliphatic heterocycles. The first kappa shape index (κ1) is 18.0. The number of nitrogens with zero attached hydrogens (tertiary/aromatic N) is 1. The van der Waals surface area contributed by atoms with E-state index in [0.29, 0.717) is 5.92 Å². The zero-order chi connectivity index (χ0) is 15.7. The molecule has 0 aromatic heterocycles. The van der Waals surface area contributed by atoms with Crippen LogP contribution in [0.3, 0.4) is 0 Å². The molecule has 0 fully saturated rings. The number of methoxy groups -OCH3 is 2. The van der Waals surface area contributed by atoms with Crippen LogP contribution in [0.2, 0.25) is 0 Å². The van der Waals surface area contributed by atoms with Crippen LogP contribution in [-0.4, -0.2) is 52.4 Å². The van der Waals surface area contributed by atoms with Gasteiger partial charge in [0.15, 0.2) is 0 Å². The highest BCUT2D eigenvalue weighted by Crippen LogP contribution is 2.25. The van der Waals surface area contributed by atoms with Crippen molar-refractivity contribution in [1.29, 1.82) is 0 Å². The number of nitrogens with one attached hydrogen (secondary N) is 1. The molecule has 0 spiro atoms. The van der Waals surface area contributed by atoms with Crippen molar-refractivity contribution in [2.45, 2.75) is 19.9 Å². The van der Waals surface area contributed by atoms with Gasteiger partial charge in [0.05, 0.1) is 13.7 Å². The second-order valence-electron chi connectivity index (χ2n) is 5.73. The van der Waals surface area contributed by atoms with Crippen molar-refractivity contribution < 1.29 is 9.47 Å². The van der Waals surface area contributed by atoms with E-state index < -0.39 is 0 Å². The fraction of sp³-hybridized carbons (Fsp3) is 0.647.